The first-order valence-electron chi connectivity index (χ1n) is 7.21. The summed E-state index contributed by atoms with van der Waals surface area (Å²) in [6, 6.07) is 3.94. The lowest BCUT2D eigenvalue weighted by Gasteiger charge is -2.18. The van der Waals surface area contributed by atoms with Gasteiger partial charge in [-0.3, -0.25) is 9.59 Å². The zero-order valence-corrected chi connectivity index (χ0v) is 13.7. The minimum Gasteiger partial charge on any atom is -0.347 e. The second-order valence-corrected chi connectivity index (χ2v) is 5.79. The average Bonchev–Trinajstić information content (AvgIpc) is 2.82. The summed E-state index contributed by atoms with van der Waals surface area (Å²) in [5, 5.41) is 2.86. The van der Waals surface area contributed by atoms with Gasteiger partial charge in [-0.2, -0.15) is 13.2 Å². The third-order valence-electron chi connectivity index (χ3n) is 3.76. The number of halogens is 3. The van der Waals surface area contributed by atoms with E-state index in [0.717, 1.165) is 12.1 Å². The smallest absolute Gasteiger partial charge is 0.347 e. The first kappa shape index (κ1) is 17.8. The van der Waals surface area contributed by atoms with Crippen molar-refractivity contribution < 1.29 is 22.8 Å². The van der Waals surface area contributed by atoms with Gasteiger partial charge in [-0.1, -0.05) is 0 Å². The third kappa shape index (κ3) is 3.37. The molecule has 0 spiro atoms. The van der Waals surface area contributed by atoms with E-state index in [1.54, 1.807) is 28.1 Å². The second kappa shape index (κ2) is 6.18. The Kier molecular flexibility index (Phi) is 4.59. The van der Waals surface area contributed by atoms with E-state index in [2.05, 4.69) is 5.32 Å². The Morgan fingerprint density at radius 1 is 1.21 bits per heavy atom. The maximum atomic E-state index is 12.8. The molecule has 5 nitrogen and oxygen atoms in total. The molecule has 0 bridgehead atoms. The van der Waals surface area contributed by atoms with E-state index in [0.29, 0.717) is 10.9 Å². The molecule has 0 saturated carbocycles. The number of carbonyl (C=O) groups is 2. The van der Waals surface area contributed by atoms with Crippen LogP contribution in [0.25, 0.3) is 10.9 Å². The van der Waals surface area contributed by atoms with Gasteiger partial charge in [-0.05, 0) is 31.2 Å². The molecule has 1 atom stereocenters. The van der Waals surface area contributed by atoms with Crippen molar-refractivity contribution in [3.63, 3.8) is 0 Å². The summed E-state index contributed by atoms with van der Waals surface area (Å²) in [5.74, 6) is -0.800. The van der Waals surface area contributed by atoms with Gasteiger partial charge in [-0.25, -0.2) is 0 Å². The fourth-order valence-corrected chi connectivity index (χ4v) is 2.46. The maximum absolute atomic E-state index is 12.8. The predicted molar refractivity (Wildman–Crippen MR) is 83.5 cm³/mol. The van der Waals surface area contributed by atoms with Crippen LogP contribution in [0.3, 0.4) is 0 Å². The molecule has 0 aliphatic carbocycles. The highest BCUT2D eigenvalue weighted by atomic mass is 19.4. The standard InChI is InChI=1S/C16H18F3N3O2/c1-9(15(24)21(2)3)20-14(23)13-8-10-7-11(16(17,18)19)5-6-12(10)22(13)4/h5-9H,1-4H3,(H,20,23)/t9-/m0/s1. The van der Waals surface area contributed by atoms with Crippen molar-refractivity contribution in [2.75, 3.05) is 14.1 Å². The van der Waals surface area contributed by atoms with Gasteiger partial charge in [0.05, 0.1) is 5.56 Å². The fraction of sp³-hybridized carbons (Fsp3) is 0.375. The zero-order valence-electron chi connectivity index (χ0n) is 13.7. The predicted octanol–water partition coefficient (Wildman–Crippen LogP) is 2.40. The minimum absolute atomic E-state index is 0.183. The first-order valence-corrected chi connectivity index (χ1v) is 7.21. The van der Waals surface area contributed by atoms with Crippen LogP contribution in [0.5, 0.6) is 0 Å². The van der Waals surface area contributed by atoms with Gasteiger partial charge in [0.25, 0.3) is 5.91 Å². The van der Waals surface area contributed by atoms with Crippen LogP contribution < -0.4 is 5.32 Å². The summed E-state index contributed by atoms with van der Waals surface area (Å²) in [6.45, 7) is 1.55. The van der Waals surface area contributed by atoms with Gasteiger partial charge in [0.15, 0.2) is 0 Å². The molecule has 8 heteroatoms. The third-order valence-corrected chi connectivity index (χ3v) is 3.76. The second-order valence-electron chi connectivity index (χ2n) is 5.79. The van der Waals surface area contributed by atoms with Crippen molar-refractivity contribution in [2.24, 2.45) is 7.05 Å². The molecule has 0 saturated heterocycles. The van der Waals surface area contributed by atoms with Crippen LogP contribution in [0.1, 0.15) is 23.0 Å². The van der Waals surface area contributed by atoms with Crippen molar-refractivity contribution in [3.8, 4) is 0 Å². The molecule has 2 rings (SSSR count). The first-order chi connectivity index (χ1) is 11.0. The van der Waals surface area contributed by atoms with Gasteiger partial charge in [0, 0.05) is 32.0 Å². The molecule has 130 valence electrons. The number of aryl methyl sites for hydroxylation is 1. The van der Waals surface area contributed by atoms with Crippen LogP contribution in [-0.4, -0.2) is 41.4 Å². The van der Waals surface area contributed by atoms with Gasteiger partial charge < -0.3 is 14.8 Å². The molecule has 0 unspecified atom stereocenters. The number of likely N-dealkylation sites (N-methyl/N-ethyl adjacent to an activating group) is 1. The zero-order chi connectivity index (χ0) is 18.2. The Morgan fingerprint density at radius 3 is 2.38 bits per heavy atom. The number of aromatic nitrogens is 1. The molecule has 0 aliphatic heterocycles. The highest BCUT2D eigenvalue weighted by Crippen LogP contribution is 2.32. The molecule has 2 aromatic rings. The number of hydrogen-bond acceptors (Lipinski definition) is 2. The average molecular weight is 341 g/mol. The Labute approximate surface area is 137 Å². The van der Waals surface area contributed by atoms with Gasteiger partial charge in [0.1, 0.15) is 11.7 Å². The van der Waals surface area contributed by atoms with E-state index < -0.39 is 23.7 Å². The molecule has 1 N–H and O–H groups in total. The van der Waals surface area contributed by atoms with E-state index >= 15 is 0 Å². The van der Waals surface area contributed by atoms with Crippen LogP contribution in [-0.2, 0) is 18.0 Å². The summed E-state index contributed by atoms with van der Waals surface area (Å²) >= 11 is 0. The van der Waals surface area contributed by atoms with Gasteiger partial charge in [0.2, 0.25) is 5.91 Å². The molecular weight excluding hydrogens is 323 g/mol. The van der Waals surface area contributed by atoms with Crippen LogP contribution in [0.15, 0.2) is 24.3 Å². The van der Waals surface area contributed by atoms with Crippen LogP contribution in [0, 0.1) is 0 Å². The lowest BCUT2D eigenvalue weighted by molar-refractivity contribution is -0.137. The summed E-state index contributed by atoms with van der Waals surface area (Å²) in [7, 11) is 4.73. The van der Waals surface area contributed by atoms with Crippen LogP contribution >= 0.6 is 0 Å². The normalized spacial score (nSPS) is 13.0. The van der Waals surface area contributed by atoms with Crippen LogP contribution in [0.4, 0.5) is 13.2 Å². The fourth-order valence-electron chi connectivity index (χ4n) is 2.46. The van der Waals surface area contributed by atoms with E-state index in [9.17, 15) is 22.8 Å². The maximum Gasteiger partial charge on any atom is 0.416 e. The quantitative estimate of drug-likeness (QED) is 0.932. The Hall–Kier alpha value is -2.51. The number of hydrogen-bond donors (Lipinski definition) is 1. The van der Waals surface area contributed by atoms with Crippen molar-refractivity contribution >= 4 is 22.7 Å². The number of nitrogens with zero attached hydrogens (tertiary/aromatic N) is 2. The van der Waals surface area contributed by atoms with E-state index in [1.807, 2.05) is 0 Å². The molecule has 1 aromatic heterocycles. The van der Waals surface area contributed by atoms with Gasteiger partial charge >= 0.3 is 6.18 Å². The van der Waals surface area contributed by atoms with Crippen molar-refractivity contribution in [1.82, 2.24) is 14.8 Å². The van der Waals surface area contributed by atoms with E-state index in [4.69, 9.17) is 0 Å². The number of rotatable bonds is 3. The van der Waals surface area contributed by atoms with Crippen molar-refractivity contribution in [2.45, 2.75) is 19.1 Å². The number of fused-ring (bicyclic) bond motifs is 1. The topological polar surface area (TPSA) is 54.3 Å². The minimum atomic E-state index is -4.45. The molecule has 1 aromatic carbocycles. The lowest BCUT2D eigenvalue weighted by Crippen LogP contribution is -2.44. The number of nitrogens with one attached hydrogen (secondary N) is 1. The molecule has 2 amide bonds. The molecule has 24 heavy (non-hydrogen) atoms. The van der Waals surface area contributed by atoms with E-state index in [-0.39, 0.29) is 11.6 Å². The van der Waals surface area contributed by atoms with E-state index in [1.165, 1.54) is 21.6 Å². The lowest BCUT2D eigenvalue weighted by atomic mass is 10.1. The summed E-state index contributed by atoms with van der Waals surface area (Å²) < 4.78 is 39.9. The largest absolute Gasteiger partial charge is 0.416 e. The number of benzene rings is 1. The molecule has 0 fully saturated rings. The monoisotopic (exact) mass is 341 g/mol. The summed E-state index contributed by atoms with van der Waals surface area (Å²) in [5.41, 5.74) is -0.0915. The number of alkyl halides is 3. The summed E-state index contributed by atoms with van der Waals surface area (Å²) in [6.07, 6.45) is -4.45. The number of amides is 2. The summed E-state index contributed by atoms with van der Waals surface area (Å²) in [4.78, 5) is 25.5. The molecule has 0 aliphatic rings. The van der Waals surface area contributed by atoms with Crippen molar-refractivity contribution in [3.05, 3.63) is 35.5 Å². The highest BCUT2D eigenvalue weighted by molar-refractivity contribution is 6.00. The van der Waals surface area contributed by atoms with Crippen molar-refractivity contribution in [1.29, 1.82) is 0 Å². The molecule has 0 radical (unpaired) electrons. The Bertz CT molecular complexity index is 794. The Morgan fingerprint density at radius 2 is 1.83 bits per heavy atom. The SMILES string of the molecule is C[C@H](NC(=O)c1cc2cc(C(F)(F)F)ccc2n1C)C(=O)N(C)C. The van der Waals surface area contributed by atoms with Crippen LogP contribution in [0.2, 0.25) is 0 Å². The Balaban J connectivity index is 2.34. The molecular formula is C16H18F3N3O2. The number of carbonyl (C=O) groups excluding carboxylic acids is 2. The molecule has 1 heterocycles. The highest BCUT2D eigenvalue weighted by Gasteiger charge is 2.31. The van der Waals surface area contributed by atoms with Gasteiger partial charge in [-0.15, -0.1) is 0 Å².